The van der Waals surface area contributed by atoms with Crippen LogP contribution in [0.1, 0.15) is 19.8 Å². The summed E-state index contributed by atoms with van der Waals surface area (Å²) >= 11 is 0. The van der Waals surface area contributed by atoms with Gasteiger partial charge in [-0.15, -0.1) is 0 Å². The summed E-state index contributed by atoms with van der Waals surface area (Å²) in [4.78, 5) is 13.6. The molecule has 0 aromatic carbocycles. The number of hydrogen-bond acceptors (Lipinski definition) is 4. The first-order valence-corrected chi connectivity index (χ1v) is 7.80. The zero-order chi connectivity index (χ0) is 12.9. The molecule has 0 aromatic rings. The van der Waals surface area contributed by atoms with Gasteiger partial charge in [0.2, 0.25) is 15.9 Å². The summed E-state index contributed by atoms with van der Waals surface area (Å²) in [6.07, 6.45) is 2.92. The molecule has 1 heterocycles. The SMILES string of the molecule is CCCNC1CCN(CCNS(C)(=O)=O)C1=O. The van der Waals surface area contributed by atoms with Crippen LogP contribution in [0.15, 0.2) is 0 Å². The topological polar surface area (TPSA) is 78.5 Å². The van der Waals surface area contributed by atoms with Crippen LogP contribution in [-0.2, 0) is 14.8 Å². The van der Waals surface area contributed by atoms with Crippen LogP contribution in [0, 0.1) is 0 Å². The Labute approximate surface area is 103 Å². The van der Waals surface area contributed by atoms with E-state index in [1.807, 2.05) is 0 Å². The van der Waals surface area contributed by atoms with Crippen LogP contribution < -0.4 is 10.0 Å². The average Bonchev–Trinajstić information content (AvgIpc) is 2.56. The Morgan fingerprint density at radius 3 is 2.71 bits per heavy atom. The standard InChI is InChI=1S/C10H21N3O3S/c1-3-5-11-9-4-7-13(10(9)14)8-6-12-17(2,15)16/h9,11-12H,3-8H2,1-2H3. The number of rotatable bonds is 7. The molecule has 2 N–H and O–H groups in total. The van der Waals surface area contributed by atoms with Crippen molar-refractivity contribution in [2.45, 2.75) is 25.8 Å². The first-order chi connectivity index (χ1) is 7.94. The maximum Gasteiger partial charge on any atom is 0.239 e. The number of carbonyl (C=O) groups is 1. The van der Waals surface area contributed by atoms with E-state index in [0.29, 0.717) is 13.1 Å². The lowest BCUT2D eigenvalue weighted by Crippen LogP contribution is -2.41. The second-order valence-corrected chi connectivity index (χ2v) is 6.12. The van der Waals surface area contributed by atoms with Gasteiger partial charge in [-0.25, -0.2) is 13.1 Å². The predicted molar refractivity (Wildman–Crippen MR) is 66.1 cm³/mol. The molecule has 17 heavy (non-hydrogen) atoms. The van der Waals surface area contributed by atoms with Gasteiger partial charge in [0.05, 0.1) is 12.3 Å². The van der Waals surface area contributed by atoms with Crippen molar-refractivity contribution in [2.24, 2.45) is 0 Å². The summed E-state index contributed by atoms with van der Waals surface area (Å²) < 4.78 is 24.1. The number of sulfonamides is 1. The van der Waals surface area contributed by atoms with E-state index < -0.39 is 10.0 Å². The Morgan fingerprint density at radius 1 is 1.41 bits per heavy atom. The van der Waals surface area contributed by atoms with Crippen molar-refractivity contribution in [2.75, 3.05) is 32.4 Å². The molecular weight excluding hydrogens is 242 g/mol. The molecule has 1 fully saturated rings. The van der Waals surface area contributed by atoms with Crippen molar-refractivity contribution in [3.63, 3.8) is 0 Å². The van der Waals surface area contributed by atoms with Gasteiger partial charge in [0, 0.05) is 19.6 Å². The Bertz CT molecular complexity index is 356. The van der Waals surface area contributed by atoms with Crippen molar-refractivity contribution < 1.29 is 13.2 Å². The van der Waals surface area contributed by atoms with E-state index in [2.05, 4.69) is 17.0 Å². The zero-order valence-electron chi connectivity index (χ0n) is 10.4. The molecule has 1 atom stereocenters. The molecule has 0 aromatic heterocycles. The fourth-order valence-electron chi connectivity index (χ4n) is 1.83. The minimum Gasteiger partial charge on any atom is -0.340 e. The summed E-state index contributed by atoms with van der Waals surface area (Å²) in [5.74, 6) is 0.0775. The van der Waals surface area contributed by atoms with E-state index in [0.717, 1.165) is 25.6 Å². The molecular formula is C10H21N3O3S. The molecule has 1 aliphatic heterocycles. The lowest BCUT2D eigenvalue weighted by molar-refractivity contribution is -0.129. The highest BCUT2D eigenvalue weighted by Gasteiger charge is 2.30. The molecule has 6 nitrogen and oxygen atoms in total. The van der Waals surface area contributed by atoms with Crippen LogP contribution in [0.25, 0.3) is 0 Å². The largest absolute Gasteiger partial charge is 0.340 e. The summed E-state index contributed by atoms with van der Waals surface area (Å²) in [6.45, 7) is 4.32. The zero-order valence-corrected chi connectivity index (χ0v) is 11.2. The van der Waals surface area contributed by atoms with Crippen molar-refractivity contribution in [1.29, 1.82) is 0 Å². The smallest absolute Gasteiger partial charge is 0.239 e. The van der Waals surface area contributed by atoms with Crippen LogP contribution >= 0.6 is 0 Å². The Balaban J connectivity index is 2.30. The number of nitrogens with zero attached hydrogens (tertiary/aromatic N) is 1. The van der Waals surface area contributed by atoms with Crippen LogP contribution in [0.2, 0.25) is 0 Å². The van der Waals surface area contributed by atoms with E-state index in [-0.39, 0.29) is 18.5 Å². The van der Waals surface area contributed by atoms with Gasteiger partial charge in [0.25, 0.3) is 0 Å². The van der Waals surface area contributed by atoms with E-state index in [9.17, 15) is 13.2 Å². The average molecular weight is 263 g/mol. The molecule has 1 amide bonds. The predicted octanol–water partition coefficient (Wildman–Crippen LogP) is -0.864. The Hall–Kier alpha value is -0.660. The lowest BCUT2D eigenvalue weighted by atomic mass is 10.2. The minimum atomic E-state index is -3.16. The molecule has 0 aliphatic carbocycles. The van der Waals surface area contributed by atoms with Crippen molar-refractivity contribution in [1.82, 2.24) is 14.9 Å². The maximum atomic E-state index is 11.9. The van der Waals surface area contributed by atoms with Crippen LogP contribution in [0.5, 0.6) is 0 Å². The summed E-state index contributed by atoms with van der Waals surface area (Å²) in [5, 5.41) is 3.19. The number of carbonyl (C=O) groups excluding carboxylic acids is 1. The second kappa shape index (κ2) is 6.32. The summed E-state index contributed by atoms with van der Waals surface area (Å²) in [5.41, 5.74) is 0. The molecule has 0 saturated carbocycles. The third-order valence-electron chi connectivity index (χ3n) is 2.68. The third kappa shape index (κ3) is 5.01. The van der Waals surface area contributed by atoms with E-state index in [1.54, 1.807) is 4.90 Å². The van der Waals surface area contributed by atoms with Crippen LogP contribution in [-0.4, -0.2) is 57.7 Å². The van der Waals surface area contributed by atoms with Crippen LogP contribution in [0.3, 0.4) is 0 Å². The molecule has 0 radical (unpaired) electrons. The van der Waals surface area contributed by atoms with Gasteiger partial charge >= 0.3 is 0 Å². The normalized spacial score (nSPS) is 21.2. The van der Waals surface area contributed by atoms with E-state index in [4.69, 9.17) is 0 Å². The fourth-order valence-corrected chi connectivity index (χ4v) is 2.30. The number of likely N-dealkylation sites (tertiary alicyclic amines) is 1. The third-order valence-corrected chi connectivity index (χ3v) is 3.41. The Kier molecular flexibility index (Phi) is 5.35. The van der Waals surface area contributed by atoms with Gasteiger partial charge in [0.1, 0.15) is 0 Å². The first-order valence-electron chi connectivity index (χ1n) is 5.91. The first kappa shape index (κ1) is 14.4. The monoisotopic (exact) mass is 263 g/mol. The summed E-state index contributed by atoms with van der Waals surface area (Å²) in [7, 11) is -3.16. The van der Waals surface area contributed by atoms with Gasteiger partial charge in [0.15, 0.2) is 0 Å². The van der Waals surface area contributed by atoms with Crippen molar-refractivity contribution in [3.8, 4) is 0 Å². The van der Waals surface area contributed by atoms with Gasteiger partial charge in [-0.1, -0.05) is 6.92 Å². The molecule has 100 valence electrons. The van der Waals surface area contributed by atoms with Gasteiger partial charge < -0.3 is 10.2 Å². The lowest BCUT2D eigenvalue weighted by Gasteiger charge is -2.16. The highest BCUT2D eigenvalue weighted by molar-refractivity contribution is 7.88. The Morgan fingerprint density at radius 2 is 2.12 bits per heavy atom. The van der Waals surface area contributed by atoms with E-state index in [1.165, 1.54) is 0 Å². The minimum absolute atomic E-state index is 0.0775. The van der Waals surface area contributed by atoms with Gasteiger partial charge in [-0.2, -0.15) is 0 Å². The second-order valence-electron chi connectivity index (χ2n) is 4.29. The number of nitrogens with one attached hydrogen (secondary N) is 2. The number of hydrogen-bond donors (Lipinski definition) is 2. The molecule has 1 saturated heterocycles. The summed E-state index contributed by atoms with van der Waals surface area (Å²) in [6, 6.07) is -0.0896. The number of amides is 1. The van der Waals surface area contributed by atoms with Crippen molar-refractivity contribution in [3.05, 3.63) is 0 Å². The maximum absolute atomic E-state index is 11.9. The molecule has 1 rings (SSSR count). The molecule has 0 spiro atoms. The highest BCUT2D eigenvalue weighted by atomic mass is 32.2. The molecule has 0 bridgehead atoms. The molecule has 1 unspecified atom stereocenters. The molecule has 7 heteroatoms. The van der Waals surface area contributed by atoms with Gasteiger partial charge in [-0.3, -0.25) is 4.79 Å². The van der Waals surface area contributed by atoms with Gasteiger partial charge in [-0.05, 0) is 19.4 Å². The fraction of sp³-hybridized carbons (Fsp3) is 0.900. The van der Waals surface area contributed by atoms with E-state index >= 15 is 0 Å². The molecule has 1 aliphatic rings. The highest BCUT2D eigenvalue weighted by Crippen LogP contribution is 2.10. The quantitative estimate of drug-likeness (QED) is 0.626. The van der Waals surface area contributed by atoms with Crippen molar-refractivity contribution >= 4 is 15.9 Å². The van der Waals surface area contributed by atoms with Crippen LogP contribution in [0.4, 0.5) is 0 Å².